The van der Waals surface area contributed by atoms with E-state index in [4.69, 9.17) is 9.47 Å². The molecule has 1 atom stereocenters. The molecule has 2 aromatic carbocycles. The van der Waals surface area contributed by atoms with Crippen molar-refractivity contribution in [1.82, 2.24) is 20.2 Å². The molecule has 3 aromatic rings. The number of thioether (sulfide) groups is 1. The second kappa shape index (κ2) is 7.68. The summed E-state index contributed by atoms with van der Waals surface area (Å²) in [7, 11) is 0. The summed E-state index contributed by atoms with van der Waals surface area (Å²) in [6, 6.07) is 16.1. The fourth-order valence-electron chi connectivity index (χ4n) is 2.76. The van der Waals surface area contributed by atoms with E-state index in [0.29, 0.717) is 36.3 Å². The predicted octanol–water partition coefficient (Wildman–Crippen LogP) is 2.97. The summed E-state index contributed by atoms with van der Waals surface area (Å²) in [6.07, 6.45) is 0.620. The highest BCUT2D eigenvalue weighted by molar-refractivity contribution is 8.00. The molecular formula is C19H17N5O2S. The molecule has 0 aliphatic carbocycles. The summed E-state index contributed by atoms with van der Waals surface area (Å²) in [5.41, 5.74) is 3.07. The summed E-state index contributed by atoms with van der Waals surface area (Å²) in [5, 5.41) is 21.8. The van der Waals surface area contributed by atoms with Crippen LogP contribution < -0.4 is 9.47 Å². The minimum absolute atomic E-state index is 0.297. The normalized spacial score (nSPS) is 13.8. The molecule has 1 unspecified atom stereocenters. The number of benzene rings is 2. The van der Waals surface area contributed by atoms with Gasteiger partial charge in [-0.05, 0) is 41.5 Å². The van der Waals surface area contributed by atoms with Gasteiger partial charge in [-0.3, -0.25) is 0 Å². The predicted molar refractivity (Wildman–Crippen MR) is 100 cm³/mol. The van der Waals surface area contributed by atoms with Crippen molar-refractivity contribution in [3.63, 3.8) is 0 Å². The fraction of sp³-hybridized carbons (Fsp3) is 0.263. The van der Waals surface area contributed by atoms with Crippen molar-refractivity contribution < 1.29 is 9.47 Å². The van der Waals surface area contributed by atoms with Gasteiger partial charge in [0.1, 0.15) is 18.5 Å². The van der Waals surface area contributed by atoms with Crippen molar-refractivity contribution in [3.05, 3.63) is 53.6 Å². The number of hydrogen-bond donors (Lipinski definition) is 0. The number of ether oxygens (including phenoxy) is 2. The molecule has 0 fully saturated rings. The van der Waals surface area contributed by atoms with Gasteiger partial charge in [0, 0.05) is 6.07 Å². The molecule has 8 heteroatoms. The average Bonchev–Trinajstić information content (AvgIpc) is 3.17. The molecule has 2 heterocycles. The number of hydrogen-bond acceptors (Lipinski definition) is 7. The van der Waals surface area contributed by atoms with Crippen LogP contribution in [0.2, 0.25) is 0 Å². The second-order valence-corrected chi connectivity index (χ2v) is 7.30. The third-order valence-corrected chi connectivity index (χ3v) is 5.17. The minimum atomic E-state index is -0.297. The van der Waals surface area contributed by atoms with Crippen LogP contribution in [0.1, 0.15) is 11.1 Å². The summed E-state index contributed by atoms with van der Waals surface area (Å²) in [4.78, 5) is 0. The Morgan fingerprint density at radius 1 is 1.15 bits per heavy atom. The molecule has 0 radical (unpaired) electrons. The maximum Gasteiger partial charge on any atom is 0.215 e. The van der Waals surface area contributed by atoms with Gasteiger partial charge in [0.2, 0.25) is 5.16 Å². The van der Waals surface area contributed by atoms with E-state index in [-0.39, 0.29) is 5.25 Å². The molecular weight excluding hydrogens is 362 g/mol. The van der Waals surface area contributed by atoms with Crippen molar-refractivity contribution in [2.45, 2.75) is 23.8 Å². The zero-order valence-corrected chi connectivity index (χ0v) is 15.5. The second-order valence-electron chi connectivity index (χ2n) is 6.13. The smallest absolute Gasteiger partial charge is 0.215 e. The quantitative estimate of drug-likeness (QED) is 0.630. The first-order chi connectivity index (χ1) is 13.2. The van der Waals surface area contributed by atoms with Gasteiger partial charge in [-0.2, -0.15) is 9.94 Å². The van der Waals surface area contributed by atoms with Crippen LogP contribution in [0.25, 0.3) is 5.69 Å². The van der Waals surface area contributed by atoms with Crippen molar-refractivity contribution in [2.24, 2.45) is 0 Å². The van der Waals surface area contributed by atoms with E-state index in [9.17, 15) is 5.26 Å². The molecule has 1 aliphatic heterocycles. The van der Waals surface area contributed by atoms with E-state index in [0.717, 1.165) is 11.3 Å². The van der Waals surface area contributed by atoms with Gasteiger partial charge in [-0.1, -0.05) is 41.6 Å². The molecule has 0 spiro atoms. The molecule has 0 saturated heterocycles. The highest BCUT2D eigenvalue weighted by atomic mass is 32.2. The van der Waals surface area contributed by atoms with Crippen LogP contribution in [0.5, 0.6) is 11.5 Å². The van der Waals surface area contributed by atoms with Gasteiger partial charge in [0.15, 0.2) is 11.5 Å². The van der Waals surface area contributed by atoms with Gasteiger partial charge < -0.3 is 9.47 Å². The molecule has 27 heavy (non-hydrogen) atoms. The lowest BCUT2D eigenvalue weighted by Gasteiger charge is -2.18. The Labute approximate surface area is 160 Å². The number of aromatic nitrogens is 4. The van der Waals surface area contributed by atoms with E-state index in [1.54, 1.807) is 4.68 Å². The Bertz CT molecular complexity index is 981. The first-order valence-corrected chi connectivity index (χ1v) is 9.41. The highest BCUT2D eigenvalue weighted by Crippen LogP contribution is 2.33. The van der Waals surface area contributed by atoms with Crippen LogP contribution in [0.3, 0.4) is 0 Å². The van der Waals surface area contributed by atoms with E-state index in [1.165, 1.54) is 17.3 Å². The lowest BCUT2D eigenvalue weighted by molar-refractivity contribution is 0.171. The Hall–Kier alpha value is -3.05. The van der Waals surface area contributed by atoms with E-state index < -0.39 is 0 Å². The molecule has 4 rings (SSSR count). The van der Waals surface area contributed by atoms with Gasteiger partial charge in [-0.25, -0.2) is 0 Å². The Kier molecular flexibility index (Phi) is 4.94. The standard InChI is InChI=1S/C19H17N5O2S/c1-13-2-4-14(5-3-13)10-16(12-20)27-19-21-22-23-24(19)15-6-7-17-18(11-15)26-9-8-25-17/h2-7,11,16H,8-10H2,1H3. The molecule has 0 saturated carbocycles. The lowest BCUT2D eigenvalue weighted by atomic mass is 10.1. The molecule has 1 aromatic heterocycles. The third-order valence-electron chi connectivity index (χ3n) is 4.14. The van der Waals surface area contributed by atoms with E-state index in [1.807, 2.05) is 49.4 Å². The van der Waals surface area contributed by atoms with Crippen LogP contribution in [0.4, 0.5) is 0 Å². The van der Waals surface area contributed by atoms with Gasteiger partial charge in [0.25, 0.3) is 0 Å². The zero-order valence-electron chi connectivity index (χ0n) is 14.7. The van der Waals surface area contributed by atoms with Crippen LogP contribution in [0.15, 0.2) is 47.6 Å². The average molecular weight is 379 g/mol. The SMILES string of the molecule is Cc1ccc(CC(C#N)Sc2nnnn2-c2ccc3c(c2)OCCO3)cc1. The van der Waals surface area contributed by atoms with Gasteiger partial charge in [-0.15, -0.1) is 5.10 Å². The number of aryl methyl sites for hydroxylation is 1. The number of fused-ring (bicyclic) bond motifs is 1. The summed E-state index contributed by atoms with van der Waals surface area (Å²) >= 11 is 1.35. The largest absolute Gasteiger partial charge is 0.486 e. The number of nitriles is 1. The number of nitrogens with zero attached hydrogens (tertiary/aromatic N) is 5. The number of tetrazole rings is 1. The third kappa shape index (κ3) is 3.88. The number of rotatable bonds is 5. The Morgan fingerprint density at radius 3 is 2.70 bits per heavy atom. The van der Waals surface area contributed by atoms with Gasteiger partial charge in [0.05, 0.1) is 11.8 Å². The topological polar surface area (TPSA) is 85.9 Å². The Morgan fingerprint density at radius 2 is 1.93 bits per heavy atom. The highest BCUT2D eigenvalue weighted by Gasteiger charge is 2.19. The van der Waals surface area contributed by atoms with Crippen LogP contribution >= 0.6 is 11.8 Å². The molecule has 1 aliphatic rings. The molecule has 136 valence electrons. The van der Waals surface area contributed by atoms with Crippen molar-refractivity contribution in [3.8, 4) is 23.3 Å². The summed E-state index contributed by atoms with van der Waals surface area (Å²) < 4.78 is 12.8. The molecule has 0 amide bonds. The van der Waals surface area contributed by atoms with Crippen molar-refractivity contribution in [1.29, 1.82) is 5.26 Å². The monoisotopic (exact) mass is 379 g/mol. The van der Waals surface area contributed by atoms with Crippen LogP contribution in [0, 0.1) is 18.3 Å². The molecule has 0 N–H and O–H groups in total. The maximum atomic E-state index is 9.58. The maximum absolute atomic E-state index is 9.58. The van der Waals surface area contributed by atoms with Gasteiger partial charge >= 0.3 is 0 Å². The first kappa shape index (κ1) is 17.4. The van der Waals surface area contributed by atoms with Crippen molar-refractivity contribution in [2.75, 3.05) is 13.2 Å². The Balaban J connectivity index is 1.54. The van der Waals surface area contributed by atoms with E-state index in [2.05, 4.69) is 21.6 Å². The fourth-order valence-corrected chi connectivity index (χ4v) is 3.67. The van der Waals surface area contributed by atoms with Crippen LogP contribution in [-0.2, 0) is 6.42 Å². The summed E-state index contributed by atoms with van der Waals surface area (Å²) in [6.45, 7) is 3.10. The van der Waals surface area contributed by atoms with E-state index >= 15 is 0 Å². The minimum Gasteiger partial charge on any atom is -0.486 e. The van der Waals surface area contributed by atoms with Crippen molar-refractivity contribution >= 4 is 11.8 Å². The first-order valence-electron chi connectivity index (χ1n) is 8.53. The molecule has 7 nitrogen and oxygen atoms in total. The molecule has 0 bridgehead atoms. The zero-order chi connectivity index (χ0) is 18.6. The summed E-state index contributed by atoms with van der Waals surface area (Å²) in [5.74, 6) is 1.38. The van der Waals surface area contributed by atoms with Crippen LogP contribution in [-0.4, -0.2) is 38.7 Å². The lowest BCUT2D eigenvalue weighted by Crippen LogP contribution is -2.15.